The summed E-state index contributed by atoms with van der Waals surface area (Å²) < 4.78 is 5.10. The Bertz CT molecular complexity index is 457. The zero-order valence-corrected chi connectivity index (χ0v) is 9.37. The fraction of sp³-hybridized carbons (Fsp3) is 0.0833. The molecule has 4 heteroatoms. The van der Waals surface area contributed by atoms with Crippen molar-refractivity contribution in [3.63, 3.8) is 0 Å². The van der Waals surface area contributed by atoms with Gasteiger partial charge in [0.05, 0.1) is 12.8 Å². The van der Waals surface area contributed by atoms with E-state index in [2.05, 4.69) is 5.32 Å². The number of thiophene rings is 1. The molecule has 2 rings (SSSR count). The predicted octanol–water partition coefficient (Wildman–Crippen LogP) is 2.67. The SMILES string of the molecule is O=C(/C=C/c1cccs1)NCc1ccco1. The Balaban J connectivity index is 1.81. The fourth-order valence-electron chi connectivity index (χ4n) is 1.19. The highest BCUT2D eigenvalue weighted by Gasteiger charge is 1.98. The van der Waals surface area contributed by atoms with E-state index in [-0.39, 0.29) is 5.91 Å². The number of rotatable bonds is 4. The fourth-order valence-corrected chi connectivity index (χ4v) is 1.81. The van der Waals surface area contributed by atoms with Crippen molar-refractivity contribution in [2.45, 2.75) is 6.54 Å². The van der Waals surface area contributed by atoms with Crippen molar-refractivity contribution in [2.75, 3.05) is 0 Å². The minimum absolute atomic E-state index is 0.121. The van der Waals surface area contributed by atoms with Crippen molar-refractivity contribution in [1.82, 2.24) is 5.32 Å². The van der Waals surface area contributed by atoms with E-state index in [0.717, 1.165) is 10.6 Å². The van der Waals surface area contributed by atoms with Gasteiger partial charge in [0.1, 0.15) is 5.76 Å². The lowest BCUT2D eigenvalue weighted by Gasteiger charge is -1.97. The lowest BCUT2D eigenvalue weighted by atomic mass is 10.4. The van der Waals surface area contributed by atoms with Crippen molar-refractivity contribution >= 4 is 23.3 Å². The largest absolute Gasteiger partial charge is 0.467 e. The van der Waals surface area contributed by atoms with Crippen molar-refractivity contribution < 1.29 is 9.21 Å². The third-order valence-electron chi connectivity index (χ3n) is 1.96. The van der Waals surface area contributed by atoms with E-state index >= 15 is 0 Å². The maximum absolute atomic E-state index is 11.4. The summed E-state index contributed by atoms with van der Waals surface area (Å²) in [6, 6.07) is 7.53. The van der Waals surface area contributed by atoms with Gasteiger partial charge in [-0.1, -0.05) is 6.07 Å². The van der Waals surface area contributed by atoms with Gasteiger partial charge in [-0.3, -0.25) is 4.79 Å². The van der Waals surface area contributed by atoms with Gasteiger partial charge in [0.25, 0.3) is 0 Å². The molecule has 0 saturated carbocycles. The lowest BCUT2D eigenvalue weighted by molar-refractivity contribution is -0.116. The van der Waals surface area contributed by atoms with Gasteiger partial charge < -0.3 is 9.73 Å². The van der Waals surface area contributed by atoms with Crippen molar-refractivity contribution in [3.8, 4) is 0 Å². The van der Waals surface area contributed by atoms with Crippen LogP contribution in [0.15, 0.2) is 46.4 Å². The molecule has 0 aliphatic carbocycles. The van der Waals surface area contributed by atoms with Crippen LogP contribution < -0.4 is 5.32 Å². The molecule has 0 spiro atoms. The predicted molar refractivity (Wildman–Crippen MR) is 63.9 cm³/mol. The molecule has 0 fully saturated rings. The van der Waals surface area contributed by atoms with E-state index in [1.807, 2.05) is 23.6 Å². The standard InChI is InChI=1S/C12H11NO2S/c14-12(6-5-11-4-2-8-16-11)13-9-10-3-1-7-15-10/h1-8H,9H2,(H,13,14)/b6-5+. The third kappa shape index (κ3) is 3.10. The molecule has 2 heterocycles. The molecule has 0 saturated heterocycles. The van der Waals surface area contributed by atoms with Crippen LogP contribution in [-0.4, -0.2) is 5.91 Å². The molecule has 2 aromatic heterocycles. The topological polar surface area (TPSA) is 42.2 Å². The second-order valence-electron chi connectivity index (χ2n) is 3.15. The summed E-state index contributed by atoms with van der Waals surface area (Å²) in [5.41, 5.74) is 0. The van der Waals surface area contributed by atoms with Crippen LogP contribution in [0.5, 0.6) is 0 Å². The molecule has 0 aliphatic rings. The Hall–Kier alpha value is -1.81. The van der Waals surface area contributed by atoms with Crippen molar-refractivity contribution in [1.29, 1.82) is 0 Å². The summed E-state index contributed by atoms with van der Waals surface area (Å²) in [6.45, 7) is 0.417. The first-order chi connectivity index (χ1) is 7.84. The van der Waals surface area contributed by atoms with E-state index < -0.39 is 0 Å². The second kappa shape index (κ2) is 5.32. The summed E-state index contributed by atoms with van der Waals surface area (Å²) in [5, 5.41) is 4.71. The number of furan rings is 1. The smallest absolute Gasteiger partial charge is 0.244 e. The van der Waals surface area contributed by atoms with Crippen LogP contribution in [-0.2, 0) is 11.3 Å². The maximum atomic E-state index is 11.4. The van der Waals surface area contributed by atoms with Crippen LogP contribution in [0.1, 0.15) is 10.6 Å². The highest BCUT2D eigenvalue weighted by atomic mass is 32.1. The van der Waals surface area contributed by atoms with E-state index in [1.165, 1.54) is 6.08 Å². The minimum atomic E-state index is -0.121. The number of hydrogen-bond donors (Lipinski definition) is 1. The highest BCUT2D eigenvalue weighted by Crippen LogP contribution is 2.09. The van der Waals surface area contributed by atoms with Crippen molar-refractivity contribution in [3.05, 3.63) is 52.6 Å². The van der Waals surface area contributed by atoms with Gasteiger partial charge in [-0.2, -0.15) is 0 Å². The molecule has 3 nitrogen and oxygen atoms in total. The summed E-state index contributed by atoms with van der Waals surface area (Å²) >= 11 is 1.60. The lowest BCUT2D eigenvalue weighted by Crippen LogP contribution is -2.19. The molecule has 1 N–H and O–H groups in total. The van der Waals surface area contributed by atoms with E-state index in [9.17, 15) is 4.79 Å². The van der Waals surface area contributed by atoms with Crippen LogP contribution in [0.25, 0.3) is 6.08 Å². The summed E-state index contributed by atoms with van der Waals surface area (Å²) in [4.78, 5) is 12.5. The molecule has 0 aromatic carbocycles. The van der Waals surface area contributed by atoms with Crippen LogP contribution >= 0.6 is 11.3 Å². The molecule has 0 aliphatic heterocycles. The molecule has 0 unspecified atom stereocenters. The Morgan fingerprint density at radius 3 is 3.06 bits per heavy atom. The zero-order chi connectivity index (χ0) is 11.2. The molecule has 2 aromatic rings. The van der Waals surface area contributed by atoms with Crippen LogP contribution in [0.3, 0.4) is 0 Å². The van der Waals surface area contributed by atoms with E-state index in [4.69, 9.17) is 4.42 Å². The van der Waals surface area contributed by atoms with Crippen LogP contribution in [0.4, 0.5) is 0 Å². The summed E-state index contributed by atoms with van der Waals surface area (Å²) in [5.74, 6) is 0.627. The van der Waals surface area contributed by atoms with Gasteiger partial charge in [-0.15, -0.1) is 11.3 Å². The minimum Gasteiger partial charge on any atom is -0.467 e. The molecule has 82 valence electrons. The van der Waals surface area contributed by atoms with E-state index in [1.54, 1.807) is 29.7 Å². The van der Waals surface area contributed by atoms with Gasteiger partial charge in [0.2, 0.25) is 5.91 Å². The van der Waals surface area contributed by atoms with Gasteiger partial charge in [-0.05, 0) is 29.7 Å². The first kappa shape index (κ1) is 10.7. The van der Waals surface area contributed by atoms with Crippen LogP contribution in [0.2, 0.25) is 0 Å². The Morgan fingerprint density at radius 2 is 2.38 bits per heavy atom. The van der Waals surface area contributed by atoms with Crippen LogP contribution in [0, 0.1) is 0 Å². The Labute approximate surface area is 97.4 Å². The van der Waals surface area contributed by atoms with Gasteiger partial charge in [0.15, 0.2) is 0 Å². The molecule has 0 atom stereocenters. The molecule has 0 radical (unpaired) electrons. The molecular formula is C12H11NO2S. The average Bonchev–Trinajstić information content (AvgIpc) is 2.96. The first-order valence-corrected chi connectivity index (χ1v) is 5.74. The molecule has 16 heavy (non-hydrogen) atoms. The maximum Gasteiger partial charge on any atom is 0.244 e. The summed E-state index contributed by atoms with van der Waals surface area (Å²) in [6.07, 6.45) is 4.90. The normalized spacial score (nSPS) is 10.8. The Kier molecular flexibility index (Phi) is 3.56. The quantitative estimate of drug-likeness (QED) is 0.825. The number of nitrogens with one attached hydrogen (secondary N) is 1. The number of carbonyl (C=O) groups excluding carboxylic acids is 1. The van der Waals surface area contributed by atoms with Gasteiger partial charge in [0, 0.05) is 11.0 Å². The zero-order valence-electron chi connectivity index (χ0n) is 8.55. The van der Waals surface area contributed by atoms with Gasteiger partial charge >= 0.3 is 0 Å². The first-order valence-electron chi connectivity index (χ1n) is 4.86. The number of hydrogen-bond acceptors (Lipinski definition) is 3. The highest BCUT2D eigenvalue weighted by molar-refractivity contribution is 7.10. The molecule has 1 amide bonds. The Morgan fingerprint density at radius 1 is 1.44 bits per heavy atom. The number of amides is 1. The average molecular weight is 233 g/mol. The molecular weight excluding hydrogens is 222 g/mol. The van der Waals surface area contributed by atoms with Gasteiger partial charge in [-0.25, -0.2) is 0 Å². The second-order valence-corrected chi connectivity index (χ2v) is 4.13. The molecule has 0 bridgehead atoms. The van der Waals surface area contributed by atoms with Crippen molar-refractivity contribution in [2.24, 2.45) is 0 Å². The third-order valence-corrected chi connectivity index (χ3v) is 2.80. The van der Waals surface area contributed by atoms with E-state index in [0.29, 0.717) is 6.54 Å². The summed E-state index contributed by atoms with van der Waals surface area (Å²) in [7, 11) is 0. The monoisotopic (exact) mass is 233 g/mol. The number of carbonyl (C=O) groups is 1.